The molecule has 0 aliphatic rings. The standard InChI is InChI=1S/C16H27N5/c1-15(2,3)8-7-9-18-14-20-12-10-17-11-19-13(12)21(14)16(4,5)6/h10-11H,7-9H2,1-6H3,(H,18,20). The topological polar surface area (TPSA) is 55.6 Å². The second-order valence-corrected chi connectivity index (χ2v) is 7.76. The molecule has 0 amide bonds. The number of aromatic nitrogens is 4. The third-order valence-electron chi connectivity index (χ3n) is 3.38. The predicted molar refractivity (Wildman–Crippen MR) is 87.5 cm³/mol. The van der Waals surface area contributed by atoms with Gasteiger partial charge in [-0.25, -0.2) is 15.0 Å². The maximum Gasteiger partial charge on any atom is 0.205 e. The van der Waals surface area contributed by atoms with Crippen molar-refractivity contribution in [3.05, 3.63) is 12.5 Å². The average molecular weight is 289 g/mol. The summed E-state index contributed by atoms with van der Waals surface area (Å²) in [6.07, 6.45) is 5.67. The van der Waals surface area contributed by atoms with Gasteiger partial charge in [-0.15, -0.1) is 0 Å². The molecule has 2 aromatic rings. The van der Waals surface area contributed by atoms with Gasteiger partial charge in [0.05, 0.1) is 6.20 Å². The monoisotopic (exact) mass is 289 g/mol. The summed E-state index contributed by atoms with van der Waals surface area (Å²) < 4.78 is 2.15. The van der Waals surface area contributed by atoms with Crippen LogP contribution in [0, 0.1) is 5.41 Å². The fourth-order valence-corrected chi connectivity index (χ4v) is 2.40. The van der Waals surface area contributed by atoms with Crippen LogP contribution in [0.4, 0.5) is 5.95 Å². The van der Waals surface area contributed by atoms with Crippen LogP contribution in [0.25, 0.3) is 11.2 Å². The smallest absolute Gasteiger partial charge is 0.205 e. The molecule has 1 N–H and O–H groups in total. The van der Waals surface area contributed by atoms with Crippen LogP contribution in [-0.4, -0.2) is 26.1 Å². The zero-order valence-corrected chi connectivity index (χ0v) is 14.1. The van der Waals surface area contributed by atoms with Gasteiger partial charge in [-0.2, -0.15) is 0 Å². The lowest BCUT2D eigenvalue weighted by Crippen LogP contribution is -2.24. The lowest BCUT2D eigenvalue weighted by molar-refractivity contribution is 0.369. The molecule has 2 rings (SSSR count). The quantitative estimate of drug-likeness (QED) is 0.869. The van der Waals surface area contributed by atoms with E-state index in [0.717, 1.165) is 30.1 Å². The normalized spacial score (nSPS) is 12.9. The molecule has 0 fully saturated rings. The molecule has 2 heterocycles. The Morgan fingerprint density at radius 1 is 1.14 bits per heavy atom. The van der Waals surface area contributed by atoms with E-state index in [1.807, 2.05) is 0 Å². The summed E-state index contributed by atoms with van der Waals surface area (Å²) in [5.41, 5.74) is 2.02. The maximum absolute atomic E-state index is 4.64. The molecular formula is C16H27N5. The lowest BCUT2D eigenvalue weighted by atomic mass is 9.91. The third kappa shape index (κ3) is 3.93. The van der Waals surface area contributed by atoms with Gasteiger partial charge in [-0.3, -0.25) is 4.57 Å². The van der Waals surface area contributed by atoms with Gasteiger partial charge < -0.3 is 5.32 Å². The van der Waals surface area contributed by atoms with E-state index in [9.17, 15) is 0 Å². The molecule has 116 valence electrons. The maximum atomic E-state index is 4.64. The van der Waals surface area contributed by atoms with Crippen molar-refractivity contribution >= 4 is 17.1 Å². The van der Waals surface area contributed by atoms with Crippen molar-refractivity contribution in [1.29, 1.82) is 0 Å². The van der Waals surface area contributed by atoms with Gasteiger partial charge in [-0.1, -0.05) is 20.8 Å². The first-order valence-corrected chi connectivity index (χ1v) is 7.61. The largest absolute Gasteiger partial charge is 0.356 e. The number of nitrogens with one attached hydrogen (secondary N) is 1. The molecule has 0 spiro atoms. The van der Waals surface area contributed by atoms with Gasteiger partial charge in [0.2, 0.25) is 5.95 Å². The lowest BCUT2D eigenvalue weighted by Gasteiger charge is -2.24. The molecule has 0 aromatic carbocycles. The fraction of sp³-hybridized carbons (Fsp3) is 0.688. The van der Waals surface area contributed by atoms with E-state index in [2.05, 4.69) is 66.4 Å². The molecule has 0 saturated carbocycles. The van der Waals surface area contributed by atoms with Gasteiger partial charge in [0.25, 0.3) is 0 Å². The van der Waals surface area contributed by atoms with Crippen molar-refractivity contribution in [1.82, 2.24) is 19.5 Å². The summed E-state index contributed by atoms with van der Waals surface area (Å²) >= 11 is 0. The van der Waals surface area contributed by atoms with E-state index in [0.29, 0.717) is 5.41 Å². The molecule has 0 radical (unpaired) electrons. The summed E-state index contributed by atoms with van der Waals surface area (Å²) in [6.45, 7) is 14.2. The number of hydrogen-bond donors (Lipinski definition) is 1. The Hall–Kier alpha value is -1.65. The minimum Gasteiger partial charge on any atom is -0.356 e. The van der Waals surface area contributed by atoms with Gasteiger partial charge in [0.1, 0.15) is 11.8 Å². The number of nitrogens with zero attached hydrogens (tertiary/aromatic N) is 4. The Morgan fingerprint density at radius 2 is 1.86 bits per heavy atom. The van der Waals surface area contributed by atoms with Crippen LogP contribution in [0.5, 0.6) is 0 Å². The number of fused-ring (bicyclic) bond motifs is 1. The Kier molecular flexibility index (Phi) is 4.21. The Morgan fingerprint density at radius 3 is 2.48 bits per heavy atom. The molecule has 0 atom stereocenters. The second-order valence-electron chi connectivity index (χ2n) is 7.76. The number of rotatable bonds is 4. The predicted octanol–water partition coefficient (Wildman–Crippen LogP) is 3.82. The Bertz CT molecular complexity index is 601. The SMILES string of the molecule is CC(C)(C)CCCNc1nc2cncnc2n1C(C)(C)C. The van der Waals surface area contributed by atoms with Gasteiger partial charge in [-0.05, 0) is 39.0 Å². The molecule has 21 heavy (non-hydrogen) atoms. The van der Waals surface area contributed by atoms with E-state index < -0.39 is 0 Å². The highest BCUT2D eigenvalue weighted by atomic mass is 15.3. The van der Waals surface area contributed by atoms with Crippen LogP contribution >= 0.6 is 0 Å². The van der Waals surface area contributed by atoms with Crippen molar-refractivity contribution in [3.63, 3.8) is 0 Å². The summed E-state index contributed by atoms with van der Waals surface area (Å²) in [5.74, 6) is 0.881. The minimum absolute atomic E-state index is 0.0739. The molecule has 0 saturated heterocycles. The average Bonchev–Trinajstić information content (AvgIpc) is 2.71. The van der Waals surface area contributed by atoms with Crippen LogP contribution in [0.2, 0.25) is 0 Å². The fourth-order valence-electron chi connectivity index (χ4n) is 2.40. The van der Waals surface area contributed by atoms with Crippen LogP contribution < -0.4 is 5.32 Å². The van der Waals surface area contributed by atoms with Crippen LogP contribution in [0.15, 0.2) is 12.5 Å². The Balaban J connectivity index is 2.19. The van der Waals surface area contributed by atoms with E-state index in [1.54, 1.807) is 12.5 Å². The summed E-state index contributed by atoms with van der Waals surface area (Å²) in [5, 5.41) is 3.47. The first kappa shape index (κ1) is 15.7. The molecular weight excluding hydrogens is 262 g/mol. The summed E-state index contributed by atoms with van der Waals surface area (Å²) in [7, 11) is 0. The molecule has 0 aliphatic heterocycles. The van der Waals surface area contributed by atoms with E-state index in [-0.39, 0.29) is 5.54 Å². The van der Waals surface area contributed by atoms with Crippen LogP contribution in [0.3, 0.4) is 0 Å². The van der Waals surface area contributed by atoms with Gasteiger partial charge >= 0.3 is 0 Å². The van der Waals surface area contributed by atoms with Gasteiger partial charge in [0.15, 0.2) is 5.65 Å². The van der Waals surface area contributed by atoms with Crippen molar-refractivity contribution in [2.24, 2.45) is 5.41 Å². The van der Waals surface area contributed by atoms with Crippen LogP contribution in [0.1, 0.15) is 54.4 Å². The van der Waals surface area contributed by atoms with Crippen LogP contribution in [-0.2, 0) is 5.54 Å². The number of hydrogen-bond acceptors (Lipinski definition) is 4. The molecule has 0 unspecified atom stereocenters. The van der Waals surface area contributed by atoms with E-state index in [1.165, 1.54) is 6.42 Å². The molecule has 5 nitrogen and oxygen atoms in total. The third-order valence-corrected chi connectivity index (χ3v) is 3.38. The summed E-state index contributed by atoms with van der Waals surface area (Å²) in [6, 6.07) is 0. The minimum atomic E-state index is -0.0739. The molecule has 2 aromatic heterocycles. The molecule has 0 aliphatic carbocycles. The second kappa shape index (κ2) is 5.62. The summed E-state index contributed by atoms with van der Waals surface area (Å²) in [4.78, 5) is 13.1. The first-order valence-electron chi connectivity index (χ1n) is 7.61. The van der Waals surface area contributed by atoms with Crippen molar-refractivity contribution in [3.8, 4) is 0 Å². The highest BCUT2D eigenvalue weighted by Crippen LogP contribution is 2.26. The highest BCUT2D eigenvalue weighted by Gasteiger charge is 2.22. The zero-order valence-electron chi connectivity index (χ0n) is 14.1. The van der Waals surface area contributed by atoms with Gasteiger partial charge in [0, 0.05) is 12.1 Å². The van der Waals surface area contributed by atoms with Crippen molar-refractivity contribution < 1.29 is 0 Å². The number of imidazole rings is 1. The van der Waals surface area contributed by atoms with Crippen molar-refractivity contribution in [2.45, 2.75) is 59.9 Å². The van der Waals surface area contributed by atoms with E-state index >= 15 is 0 Å². The van der Waals surface area contributed by atoms with Crippen molar-refractivity contribution in [2.75, 3.05) is 11.9 Å². The first-order chi connectivity index (χ1) is 9.68. The Labute approximate surface area is 127 Å². The number of anilines is 1. The molecule has 5 heteroatoms. The van der Waals surface area contributed by atoms with E-state index in [4.69, 9.17) is 0 Å². The molecule has 0 bridgehead atoms. The zero-order chi connectivity index (χ0) is 15.7. The highest BCUT2D eigenvalue weighted by molar-refractivity contribution is 5.73.